The summed E-state index contributed by atoms with van der Waals surface area (Å²) >= 11 is 1.66. The Hall–Kier alpha value is -1.04. The van der Waals surface area contributed by atoms with Crippen LogP contribution in [0.25, 0.3) is 10.4 Å². The summed E-state index contributed by atoms with van der Waals surface area (Å²) in [4.78, 5) is 5.47. The number of benzene rings is 1. The van der Waals surface area contributed by atoms with E-state index in [1.165, 1.54) is 10.4 Å². The van der Waals surface area contributed by atoms with E-state index in [0.29, 0.717) is 6.54 Å². The number of nitrogens with zero attached hydrogens (tertiary/aromatic N) is 1. The highest BCUT2D eigenvalue weighted by atomic mass is 32.2. The van der Waals surface area contributed by atoms with Gasteiger partial charge in [-0.3, -0.25) is 0 Å². The molecule has 102 valence electrons. The average Bonchev–Trinajstić information content (AvgIpc) is 2.82. The van der Waals surface area contributed by atoms with Crippen LogP contribution in [-0.2, 0) is 17.5 Å². The highest BCUT2D eigenvalue weighted by molar-refractivity contribution is 7.83. The lowest BCUT2D eigenvalue weighted by Gasteiger charge is -2.08. The second-order valence-electron chi connectivity index (χ2n) is 4.63. The zero-order chi connectivity index (χ0) is 13.8. The Balaban J connectivity index is 2.03. The van der Waals surface area contributed by atoms with Gasteiger partial charge in [0.05, 0.1) is 27.1 Å². The molecule has 19 heavy (non-hydrogen) atoms. The highest BCUT2D eigenvalue weighted by Crippen LogP contribution is 2.27. The summed E-state index contributed by atoms with van der Waals surface area (Å²) in [6.45, 7) is 6.54. The van der Waals surface area contributed by atoms with E-state index in [-0.39, 0.29) is 5.25 Å². The quantitative estimate of drug-likeness (QED) is 0.919. The maximum absolute atomic E-state index is 11.6. The van der Waals surface area contributed by atoms with Crippen molar-refractivity contribution in [2.24, 2.45) is 0 Å². The SMILES string of the molecule is Cc1ncsc1-c1ccc(CNS(=O)C(C)C)cc1. The fourth-order valence-electron chi connectivity index (χ4n) is 1.67. The summed E-state index contributed by atoms with van der Waals surface area (Å²) in [6.07, 6.45) is 0. The molecule has 0 amide bonds. The molecule has 1 unspecified atom stereocenters. The van der Waals surface area contributed by atoms with Crippen molar-refractivity contribution in [2.45, 2.75) is 32.6 Å². The van der Waals surface area contributed by atoms with E-state index >= 15 is 0 Å². The van der Waals surface area contributed by atoms with Crippen LogP contribution in [0.1, 0.15) is 25.1 Å². The number of aromatic nitrogens is 1. The number of hydrogen-bond donors (Lipinski definition) is 1. The first-order valence-corrected chi connectivity index (χ1v) is 8.30. The van der Waals surface area contributed by atoms with E-state index in [0.717, 1.165) is 11.3 Å². The van der Waals surface area contributed by atoms with Crippen molar-refractivity contribution in [1.82, 2.24) is 9.71 Å². The molecule has 0 bridgehead atoms. The van der Waals surface area contributed by atoms with Crippen molar-refractivity contribution in [3.05, 3.63) is 41.0 Å². The van der Waals surface area contributed by atoms with E-state index in [1.807, 2.05) is 26.3 Å². The van der Waals surface area contributed by atoms with Gasteiger partial charge in [0.25, 0.3) is 0 Å². The molecule has 1 atom stereocenters. The molecule has 0 spiro atoms. The third-order valence-corrected chi connectivity index (χ3v) is 5.07. The molecule has 2 aromatic rings. The van der Waals surface area contributed by atoms with Crippen molar-refractivity contribution in [2.75, 3.05) is 0 Å². The molecule has 1 N–H and O–H groups in total. The van der Waals surface area contributed by atoms with E-state index in [4.69, 9.17) is 0 Å². The predicted octanol–water partition coefficient (Wildman–Crippen LogP) is 3.28. The van der Waals surface area contributed by atoms with Crippen LogP contribution in [0.2, 0.25) is 0 Å². The molecule has 0 radical (unpaired) electrons. The van der Waals surface area contributed by atoms with Crippen LogP contribution in [0.5, 0.6) is 0 Å². The Bertz CT molecular complexity index is 561. The number of nitrogens with one attached hydrogen (secondary N) is 1. The number of hydrogen-bond acceptors (Lipinski definition) is 3. The summed E-state index contributed by atoms with van der Waals surface area (Å²) in [5.74, 6) is 0. The molecular weight excluding hydrogens is 276 g/mol. The Morgan fingerprint density at radius 2 is 2.00 bits per heavy atom. The second-order valence-corrected chi connectivity index (χ2v) is 7.31. The van der Waals surface area contributed by atoms with Crippen LogP contribution >= 0.6 is 11.3 Å². The maximum Gasteiger partial charge on any atom is 0.0944 e. The van der Waals surface area contributed by atoms with Crippen LogP contribution in [0.15, 0.2) is 29.8 Å². The molecule has 0 saturated carbocycles. The topological polar surface area (TPSA) is 42.0 Å². The van der Waals surface area contributed by atoms with Gasteiger partial charge in [0.15, 0.2) is 0 Å². The van der Waals surface area contributed by atoms with Crippen molar-refractivity contribution >= 4 is 22.3 Å². The third-order valence-electron chi connectivity index (χ3n) is 2.81. The first-order valence-electron chi connectivity index (χ1n) is 6.21. The van der Waals surface area contributed by atoms with E-state index < -0.39 is 11.0 Å². The van der Waals surface area contributed by atoms with Gasteiger partial charge in [-0.25, -0.2) is 13.9 Å². The molecule has 5 heteroatoms. The zero-order valence-corrected chi connectivity index (χ0v) is 13.0. The molecule has 1 aromatic heterocycles. The fourth-order valence-corrected chi connectivity index (χ4v) is 3.13. The van der Waals surface area contributed by atoms with Gasteiger partial charge in [0, 0.05) is 11.8 Å². The lowest BCUT2D eigenvalue weighted by atomic mass is 10.1. The van der Waals surface area contributed by atoms with Crippen molar-refractivity contribution < 1.29 is 4.21 Å². The van der Waals surface area contributed by atoms with Crippen molar-refractivity contribution in [3.63, 3.8) is 0 Å². The molecule has 2 rings (SSSR count). The molecule has 0 aliphatic rings. The van der Waals surface area contributed by atoms with Gasteiger partial charge in [0.1, 0.15) is 0 Å². The highest BCUT2D eigenvalue weighted by Gasteiger charge is 2.06. The molecule has 0 aliphatic carbocycles. The number of aryl methyl sites for hydroxylation is 1. The second kappa shape index (κ2) is 6.41. The van der Waals surface area contributed by atoms with E-state index in [9.17, 15) is 4.21 Å². The minimum atomic E-state index is -0.969. The Kier molecular flexibility index (Phi) is 4.85. The largest absolute Gasteiger partial charge is 0.249 e. The van der Waals surface area contributed by atoms with Gasteiger partial charge in [-0.15, -0.1) is 11.3 Å². The summed E-state index contributed by atoms with van der Waals surface area (Å²) in [5, 5.41) is 0.138. The first kappa shape index (κ1) is 14.4. The summed E-state index contributed by atoms with van der Waals surface area (Å²) in [5.41, 5.74) is 5.26. The summed E-state index contributed by atoms with van der Waals surface area (Å²) in [6, 6.07) is 8.32. The Labute approximate surface area is 120 Å². The predicted molar refractivity (Wildman–Crippen MR) is 82.4 cm³/mol. The molecule has 1 heterocycles. The maximum atomic E-state index is 11.6. The average molecular weight is 294 g/mol. The van der Waals surface area contributed by atoms with Gasteiger partial charge in [-0.2, -0.15) is 0 Å². The van der Waals surface area contributed by atoms with Gasteiger partial charge < -0.3 is 0 Å². The summed E-state index contributed by atoms with van der Waals surface area (Å²) < 4.78 is 14.6. The first-order chi connectivity index (χ1) is 9.08. The lowest BCUT2D eigenvalue weighted by molar-refractivity contribution is 0.664. The van der Waals surface area contributed by atoms with Crippen LogP contribution in [0.3, 0.4) is 0 Å². The lowest BCUT2D eigenvalue weighted by Crippen LogP contribution is -2.23. The van der Waals surface area contributed by atoms with Crippen LogP contribution < -0.4 is 4.72 Å². The number of rotatable bonds is 5. The van der Waals surface area contributed by atoms with Crippen molar-refractivity contribution in [1.29, 1.82) is 0 Å². The minimum absolute atomic E-state index is 0.138. The van der Waals surface area contributed by atoms with E-state index in [2.05, 4.69) is 34.0 Å². The van der Waals surface area contributed by atoms with Crippen LogP contribution in [0, 0.1) is 6.92 Å². The monoisotopic (exact) mass is 294 g/mol. The standard InChI is InChI=1S/C14H18N2OS2/c1-10(2)19(17)16-8-12-4-6-13(7-5-12)14-11(3)15-9-18-14/h4-7,9-10,16H,8H2,1-3H3. The van der Waals surface area contributed by atoms with Crippen molar-refractivity contribution in [3.8, 4) is 10.4 Å². The molecule has 0 saturated heterocycles. The normalized spacial score (nSPS) is 12.8. The fraction of sp³-hybridized carbons (Fsp3) is 0.357. The van der Waals surface area contributed by atoms with Crippen LogP contribution in [-0.4, -0.2) is 14.4 Å². The van der Waals surface area contributed by atoms with Gasteiger partial charge in [0.2, 0.25) is 0 Å². The molecule has 1 aromatic carbocycles. The molecule has 0 fully saturated rings. The number of thiazole rings is 1. The van der Waals surface area contributed by atoms with Gasteiger partial charge in [-0.05, 0) is 31.9 Å². The minimum Gasteiger partial charge on any atom is -0.249 e. The Morgan fingerprint density at radius 3 is 2.53 bits per heavy atom. The third kappa shape index (κ3) is 3.72. The van der Waals surface area contributed by atoms with Gasteiger partial charge >= 0.3 is 0 Å². The van der Waals surface area contributed by atoms with Crippen LogP contribution in [0.4, 0.5) is 0 Å². The molecule has 3 nitrogen and oxygen atoms in total. The van der Waals surface area contributed by atoms with E-state index in [1.54, 1.807) is 11.3 Å². The smallest absolute Gasteiger partial charge is 0.0944 e. The Morgan fingerprint density at radius 1 is 1.32 bits per heavy atom. The van der Waals surface area contributed by atoms with Gasteiger partial charge in [-0.1, -0.05) is 24.3 Å². The molecule has 0 aliphatic heterocycles. The zero-order valence-electron chi connectivity index (χ0n) is 11.3. The summed E-state index contributed by atoms with van der Waals surface area (Å²) in [7, 11) is -0.969. The molecular formula is C14H18N2OS2.